The van der Waals surface area contributed by atoms with Crippen LogP contribution in [0.25, 0.3) is 0 Å². The van der Waals surface area contributed by atoms with Crippen molar-refractivity contribution in [3.8, 4) is 11.5 Å². The van der Waals surface area contributed by atoms with Crippen LogP contribution in [0.3, 0.4) is 0 Å². The van der Waals surface area contributed by atoms with Crippen molar-refractivity contribution in [3.63, 3.8) is 0 Å². The Hall–Kier alpha value is -3.51. The second-order valence-electron chi connectivity index (χ2n) is 7.75. The first-order valence-corrected chi connectivity index (χ1v) is 10.8. The van der Waals surface area contributed by atoms with Gasteiger partial charge in [0.2, 0.25) is 0 Å². The van der Waals surface area contributed by atoms with Crippen LogP contribution in [0.4, 0.5) is 10.5 Å². The molecule has 2 amide bonds. The van der Waals surface area contributed by atoms with Gasteiger partial charge in [-0.25, -0.2) is 4.79 Å². The fourth-order valence-electron chi connectivity index (χ4n) is 4.18. The predicted molar refractivity (Wildman–Crippen MR) is 126 cm³/mol. The number of nitrogens with one attached hydrogen (secondary N) is 1. The highest BCUT2D eigenvalue weighted by atomic mass is 16.5. The van der Waals surface area contributed by atoms with Crippen LogP contribution in [0, 0.1) is 0 Å². The summed E-state index contributed by atoms with van der Waals surface area (Å²) in [5.41, 5.74) is 3.21. The Morgan fingerprint density at radius 1 is 0.781 bits per heavy atom. The Bertz CT molecular complexity index is 980. The zero-order chi connectivity index (χ0) is 22.3. The van der Waals surface area contributed by atoms with E-state index in [-0.39, 0.29) is 12.1 Å². The van der Waals surface area contributed by atoms with Crippen LogP contribution < -0.4 is 14.8 Å². The third-order valence-electron chi connectivity index (χ3n) is 5.83. The van der Waals surface area contributed by atoms with Gasteiger partial charge in [-0.15, -0.1) is 0 Å². The number of benzene rings is 3. The minimum atomic E-state index is -0.104. The molecule has 4 rings (SSSR count). The fourth-order valence-corrected chi connectivity index (χ4v) is 4.18. The van der Waals surface area contributed by atoms with E-state index in [1.54, 1.807) is 26.4 Å². The van der Waals surface area contributed by atoms with E-state index < -0.39 is 0 Å². The summed E-state index contributed by atoms with van der Waals surface area (Å²) in [6, 6.07) is 26.6. The minimum absolute atomic E-state index is 0.104. The zero-order valence-corrected chi connectivity index (χ0v) is 18.5. The molecule has 1 heterocycles. The molecule has 0 aliphatic carbocycles. The molecule has 0 aromatic heterocycles. The molecule has 1 aliphatic heterocycles. The van der Waals surface area contributed by atoms with Gasteiger partial charge in [-0.1, -0.05) is 60.7 Å². The monoisotopic (exact) mass is 431 g/mol. The lowest BCUT2D eigenvalue weighted by Crippen LogP contribution is -2.51. The molecule has 0 spiro atoms. The van der Waals surface area contributed by atoms with E-state index in [4.69, 9.17) is 9.47 Å². The molecule has 3 aromatic rings. The van der Waals surface area contributed by atoms with E-state index in [2.05, 4.69) is 58.7 Å². The number of amides is 2. The minimum Gasteiger partial charge on any atom is -0.493 e. The number of urea groups is 1. The summed E-state index contributed by atoms with van der Waals surface area (Å²) >= 11 is 0. The molecule has 6 nitrogen and oxygen atoms in total. The topological polar surface area (TPSA) is 54.0 Å². The van der Waals surface area contributed by atoms with Crippen molar-refractivity contribution in [2.45, 2.75) is 6.04 Å². The average Bonchev–Trinajstić information content (AvgIpc) is 2.86. The molecule has 1 saturated heterocycles. The van der Waals surface area contributed by atoms with Crippen molar-refractivity contribution < 1.29 is 14.3 Å². The Labute approximate surface area is 189 Å². The number of methoxy groups -OCH3 is 2. The number of anilines is 1. The molecule has 0 saturated carbocycles. The molecule has 0 bridgehead atoms. The Morgan fingerprint density at radius 3 is 1.88 bits per heavy atom. The number of carbonyl (C=O) groups is 1. The highest BCUT2D eigenvalue weighted by molar-refractivity contribution is 5.89. The summed E-state index contributed by atoms with van der Waals surface area (Å²) in [4.78, 5) is 17.2. The first kappa shape index (κ1) is 21.7. The summed E-state index contributed by atoms with van der Waals surface area (Å²) in [5, 5.41) is 2.98. The number of nitrogens with zero attached hydrogens (tertiary/aromatic N) is 2. The average molecular weight is 432 g/mol. The molecule has 0 unspecified atom stereocenters. The number of piperazine rings is 1. The molecule has 3 aromatic carbocycles. The fraction of sp³-hybridized carbons (Fsp3) is 0.269. The van der Waals surface area contributed by atoms with Crippen LogP contribution in [0.15, 0.2) is 78.9 Å². The zero-order valence-electron chi connectivity index (χ0n) is 18.5. The Balaban J connectivity index is 1.43. The largest absolute Gasteiger partial charge is 0.493 e. The number of rotatable bonds is 6. The van der Waals surface area contributed by atoms with Gasteiger partial charge in [0.05, 0.1) is 20.3 Å². The van der Waals surface area contributed by atoms with Gasteiger partial charge < -0.3 is 19.7 Å². The van der Waals surface area contributed by atoms with Gasteiger partial charge in [0.1, 0.15) is 0 Å². The Kier molecular flexibility index (Phi) is 6.92. The lowest BCUT2D eigenvalue weighted by molar-refractivity contribution is 0.126. The first-order valence-electron chi connectivity index (χ1n) is 10.8. The van der Waals surface area contributed by atoms with E-state index >= 15 is 0 Å². The number of ether oxygens (including phenoxy) is 2. The van der Waals surface area contributed by atoms with Crippen LogP contribution in [-0.2, 0) is 0 Å². The third-order valence-corrected chi connectivity index (χ3v) is 5.83. The van der Waals surface area contributed by atoms with Crippen LogP contribution in [-0.4, -0.2) is 56.2 Å². The molecule has 1 fully saturated rings. The summed E-state index contributed by atoms with van der Waals surface area (Å²) in [6.07, 6.45) is 0. The van der Waals surface area contributed by atoms with Gasteiger partial charge >= 0.3 is 6.03 Å². The summed E-state index contributed by atoms with van der Waals surface area (Å²) in [5.74, 6) is 1.22. The smallest absolute Gasteiger partial charge is 0.321 e. The highest BCUT2D eigenvalue weighted by Gasteiger charge is 2.28. The van der Waals surface area contributed by atoms with E-state index in [1.165, 1.54) is 11.1 Å². The van der Waals surface area contributed by atoms with E-state index in [0.29, 0.717) is 30.3 Å². The van der Waals surface area contributed by atoms with Crippen molar-refractivity contribution in [1.29, 1.82) is 0 Å². The molecule has 166 valence electrons. The van der Waals surface area contributed by atoms with E-state index in [1.807, 2.05) is 23.1 Å². The quantitative estimate of drug-likeness (QED) is 0.618. The summed E-state index contributed by atoms with van der Waals surface area (Å²) in [6.45, 7) is 2.92. The normalized spacial score (nSPS) is 14.3. The first-order chi connectivity index (χ1) is 15.7. The van der Waals surface area contributed by atoms with Crippen molar-refractivity contribution in [1.82, 2.24) is 9.80 Å². The highest BCUT2D eigenvalue weighted by Crippen LogP contribution is 2.31. The van der Waals surface area contributed by atoms with Gasteiger partial charge in [0.25, 0.3) is 0 Å². The van der Waals surface area contributed by atoms with E-state index in [0.717, 1.165) is 13.1 Å². The molecule has 32 heavy (non-hydrogen) atoms. The van der Waals surface area contributed by atoms with Crippen LogP contribution in [0.2, 0.25) is 0 Å². The van der Waals surface area contributed by atoms with Crippen LogP contribution in [0.5, 0.6) is 11.5 Å². The molecule has 0 atom stereocenters. The molecular weight excluding hydrogens is 402 g/mol. The Morgan fingerprint density at radius 2 is 1.34 bits per heavy atom. The number of hydrogen-bond acceptors (Lipinski definition) is 4. The SMILES string of the molecule is COc1ccc(NC(=O)N2CCN(C(c3ccccc3)c3ccccc3)CC2)cc1OC. The van der Waals surface area contributed by atoms with Crippen LogP contribution >= 0.6 is 0 Å². The predicted octanol–water partition coefficient (Wildman–Crippen LogP) is 4.64. The van der Waals surface area contributed by atoms with Gasteiger partial charge in [0.15, 0.2) is 11.5 Å². The lowest BCUT2D eigenvalue weighted by atomic mass is 9.96. The third kappa shape index (κ3) is 4.86. The van der Waals surface area contributed by atoms with Gasteiger partial charge in [-0.2, -0.15) is 0 Å². The number of carbonyl (C=O) groups excluding carboxylic acids is 1. The van der Waals surface area contributed by atoms with Crippen molar-refractivity contribution >= 4 is 11.7 Å². The van der Waals surface area contributed by atoms with Crippen molar-refractivity contribution in [2.75, 3.05) is 45.7 Å². The molecule has 1 N–H and O–H groups in total. The maximum absolute atomic E-state index is 12.9. The maximum Gasteiger partial charge on any atom is 0.321 e. The molecule has 0 radical (unpaired) electrons. The van der Waals surface area contributed by atoms with Gasteiger partial charge in [-0.3, -0.25) is 4.90 Å². The van der Waals surface area contributed by atoms with Gasteiger partial charge in [-0.05, 0) is 23.3 Å². The second kappa shape index (κ2) is 10.2. The standard InChI is InChI=1S/C26H29N3O3/c1-31-23-14-13-22(19-24(23)32-2)27-26(30)29-17-15-28(16-18-29)25(20-9-5-3-6-10-20)21-11-7-4-8-12-21/h3-14,19,25H,15-18H2,1-2H3,(H,27,30). The van der Waals surface area contributed by atoms with Crippen LogP contribution in [0.1, 0.15) is 17.2 Å². The summed E-state index contributed by atoms with van der Waals surface area (Å²) < 4.78 is 10.6. The molecule has 6 heteroatoms. The molecular formula is C26H29N3O3. The second-order valence-corrected chi connectivity index (χ2v) is 7.75. The summed E-state index contributed by atoms with van der Waals surface area (Å²) in [7, 11) is 3.17. The van der Waals surface area contributed by atoms with E-state index in [9.17, 15) is 4.79 Å². The molecule has 1 aliphatic rings. The van der Waals surface area contributed by atoms with Crippen molar-refractivity contribution in [3.05, 3.63) is 90.0 Å². The van der Waals surface area contributed by atoms with Crippen molar-refractivity contribution in [2.24, 2.45) is 0 Å². The number of hydrogen-bond donors (Lipinski definition) is 1. The van der Waals surface area contributed by atoms with Gasteiger partial charge in [0, 0.05) is 37.9 Å². The maximum atomic E-state index is 12.9. The lowest BCUT2D eigenvalue weighted by Gasteiger charge is -2.39.